The van der Waals surface area contributed by atoms with Crippen molar-refractivity contribution in [1.29, 1.82) is 0 Å². The van der Waals surface area contributed by atoms with Gasteiger partial charge in [-0.05, 0) is 30.7 Å². The number of pyridine rings is 1. The van der Waals surface area contributed by atoms with Crippen LogP contribution in [-0.2, 0) is 24.9 Å². The normalized spacial score (nSPS) is 12.7. The summed E-state index contributed by atoms with van der Waals surface area (Å²) in [5.41, 5.74) is 6.22. The molecule has 0 bridgehead atoms. The Hall–Kier alpha value is -3.54. The molecule has 0 amide bonds. The summed E-state index contributed by atoms with van der Waals surface area (Å²) in [5, 5.41) is 2.05. The first kappa shape index (κ1) is 23.2. The Morgan fingerprint density at radius 1 is 0.857 bits per heavy atom. The average Bonchev–Trinajstić information content (AvgIpc) is 3.31. The molecule has 0 aliphatic carbocycles. The Bertz CT molecular complexity index is 1540. The van der Waals surface area contributed by atoms with E-state index in [0.717, 1.165) is 50.4 Å². The molecule has 0 N–H and O–H groups in total. The van der Waals surface area contributed by atoms with E-state index in [1.807, 2.05) is 6.07 Å². The standard InChI is InChI=1S/C29H34N5O/c1-17-10-11-18-19-12-13-20(25-31-21(28(2,3)4)16-22(32-25)29(5,6)7)30-26(19)35-24(18)23(17)27-33(8)14-15-34(27)9/h10-16H,1-9H3/q+1. The number of nitrogens with zero attached hydrogens (tertiary/aromatic N) is 5. The molecule has 5 aromatic rings. The number of imidazole rings is 1. The van der Waals surface area contributed by atoms with Crippen molar-refractivity contribution >= 4 is 22.1 Å². The summed E-state index contributed by atoms with van der Waals surface area (Å²) in [5.74, 6) is 1.72. The van der Waals surface area contributed by atoms with Gasteiger partial charge < -0.3 is 4.42 Å². The maximum atomic E-state index is 6.46. The second-order valence-corrected chi connectivity index (χ2v) is 11.6. The van der Waals surface area contributed by atoms with Crippen LogP contribution in [0, 0.1) is 6.92 Å². The molecule has 0 spiro atoms. The zero-order chi connectivity index (χ0) is 25.3. The van der Waals surface area contributed by atoms with E-state index in [4.69, 9.17) is 19.4 Å². The minimum atomic E-state index is -0.0990. The molecule has 6 nitrogen and oxygen atoms in total. The van der Waals surface area contributed by atoms with Gasteiger partial charge in [-0.25, -0.2) is 24.1 Å². The van der Waals surface area contributed by atoms with Gasteiger partial charge in [-0.2, -0.15) is 0 Å². The number of furan rings is 1. The molecule has 180 valence electrons. The quantitative estimate of drug-likeness (QED) is 0.291. The van der Waals surface area contributed by atoms with E-state index in [1.165, 1.54) is 0 Å². The van der Waals surface area contributed by atoms with Gasteiger partial charge >= 0.3 is 0 Å². The fourth-order valence-electron chi connectivity index (χ4n) is 4.49. The van der Waals surface area contributed by atoms with Crippen LogP contribution in [0.5, 0.6) is 0 Å². The average molecular weight is 469 g/mol. The molecule has 5 rings (SSSR count). The molecule has 1 aromatic carbocycles. The summed E-state index contributed by atoms with van der Waals surface area (Å²) in [6, 6.07) is 10.5. The van der Waals surface area contributed by atoms with Crippen LogP contribution >= 0.6 is 0 Å². The lowest BCUT2D eigenvalue weighted by molar-refractivity contribution is -0.659. The van der Waals surface area contributed by atoms with Crippen LogP contribution in [0.15, 0.2) is 47.1 Å². The van der Waals surface area contributed by atoms with Crippen LogP contribution in [0.3, 0.4) is 0 Å². The third-order valence-electron chi connectivity index (χ3n) is 6.61. The lowest BCUT2D eigenvalue weighted by Gasteiger charge is -2.24. The van der Waals surface area contributed by atoms with E-state index in [-0.39, 0.29) is 10.8 Å². The van der Waals surface area contributed by atoms with Crippen molar-refractivity contribution in [1.82, 2.24) is 19.5 Å². The number of aryl methyl sites for hydroxylation is 3. The molecule has 0 atom stereocenters. The number of fused-ring (bicyclic) bond motifs is 3. The molecule has 0 unspecified atom stereocenters. The highest BCUT2D eigenvalue weighted by atomic mass is 16.3. The number of benzene rings is 1. The summed E-state index contributed by atoms with van der Waals surface area (Å²) in [6.07, 6.45) is 4.11. The Morgan fingerprint density at radius 2 is 1.49 bits per heavy atom. The lowest BCUT2D eigenvalue weighted by Crippen LogP contribution is -2.29. The van der Waals surface area contributed by atoms with Crippen molar-refractivity contribution in [2.45, 2.75) is 59.3 Å². The highest BCUT2D eigenvalue weighted by molar-refractivity contribution is 6.08. The van der Waals surface area contributed by atoms with Gasteiger partial charge in [-0.1, -0.05) is 53.7 Å². The first-order valence-electron chi connectivity index (χ1n) is 12.1. The van der Waals surface area contributed by atoms with Gasteiger partial charge in [0.1, 0.15) is 23.7 Å². The van der Waals surface area contributed by atoms with Crippen molar-refractivity contribution in [3.8, 4) is 22.9 Å². The van der Waals surface area contributed by atoms with Crippen LogP contribution in [0.2, 0.25) is 0 Å². The molecule has 0 saturated heterocycles. The van der Waals surface area contributed by atoms with Gasteiger partial charge in [-0.15, -0.1) is 0 Å². The third-order valence-corrected chi connectivity index (χ3v) is 6.61. The monoisotopic (exact) mass is 468 g/mol. The van der Waals surface area contributed by atoms with Gasteiger partial charge in [0.25, 0.3) is 5.82 Å². The number of aromatic nitrogens is 5. The van der Waals surface area contributed by atoms with E-state index in [2.05, 4.69) is 108 Å². The maximum Gasteiger partial charge on any atom is 0.292 e. The zero-order valence-corrected chi connectivity index (χ0v) is 22.2. The molecule has 0 aliphatic rings. The summed E-state index contributed by atoms with van der Waals surface area (Å²) < 4.78 is 10.7. The topological polar surface area (TPSA) is 60.6 Å². The summed E-state index contributed by atoms with van der Waals surface area (Å²) in [6.45, 7) is 15.2. The number of hydrogen-bond donors (Lipinski definition) is 0. The van der Waals surface area contributed by atoms with Gasteiger partial charge in [-0.3, -0.25) is 0 Å². The molecule has 6 heteroatoms. The van der Waals surface area contributed by atoms with Gasteiger partial charge in [0, 0.05) is 21.6 Å². The fourth-order valence-corrected chi connectivity index (χ4v) is 4.49. The summed E-state index contributed by atoms with van der Waals surface area (Å²) in [7, 11) is 4.11. The fraction of sp³-hybridized carbons (Fsp3) is 0.379. The maximum absolute atomic E-state index is 6.46. The van der Waals surface area contributed by atoms with Crippen molar-refractivity contribution in [3.05, 3.63) is 59.7 Å². The summed E-state index contributed by atoms with van der Waals surface area (Å²) >= 11 is 0. The Labute approximate surface area is 206 Å². The van der Waals surface area contributed by atoms with E-state index >= 15 is 0 Å². The van der Waals surface area contributed by atoms with Crippen LogP contribution in [-0.4, -0.2) is 19.5 Å². The van der Waals surface area contributed by atoms with Gasteiger partial charge in [0.05, 0.1) is 25.5 Å². The Balaban J connectivity index is 1.74. The molecular formula is C29H34N5O+. The van der Waals surface area contributed by atoms with Gasteiger partial charge in [0.2, 0.25) is 5.71 Å². The predicted molar refractivity (Wildman–Crippen MR) is 140 cm³/mol. The second kappa shape index (κ2) is 7.74. The highest BCUT2D eigenvalue weighted by Gasteiger charge is 2.26. The van der Waals surface area contributed by atoms with E-state index in [0.29, 0.717) is 11.5 Å². The van der Waals surface area contributed by atoms with Crippen LogP contribution < -0.4 is 4.57 Å². The van der Waals surface area contributed by atoms with Crippen molar-refractivity contribution < 1.29 is 8.98 Å². The Morgan fingerprint density at radius 3 is 2.06 bits per heavy atom. The zero-order valence-electron chi connectivity index (χ0n) is 22.2. The molecule has 4 aromatic heterocycles. The molecule has 4 heterocycles. The first-order valence-corrected chi connectivity index (χ1v) is 12.1. The first-order chi connectivity index (χ1) is 16.3. The number of rotatable bonds is 2. The largest absolute Gasteiger partial charge is 0.437 e. The highest BCUT2D eigenvalue weighted by Crippen LogP contribution is 2.37. The van der Waals surface area contributed by atoms with Crippen molar-refractivity contribution in [3.63, 3.8) is 0 Å². The lowest BCUT2D eigenvalue weighted by atomic mass is 9.86. The minimum Gasteiger partial charge on any atom is -0.437 e. The molecule has 0 fully saturated rings. The van der Waals surface area contributed by atoms with Crippen molar-refractivity contribution in [2.24, 2.45) is 14.1 Å². The van der Waals surface area contributed by atoms with E-state index in [9.17, 15) is 0 Å². The summed E-state index contributed by atoms with van der Waals surface area (Å²) in [4.78, 5) is 14.8. The molecule has 0 aliphatic heterocycles. The minimum absolute atomic E-state index is 0.0990. The van der Waals surface area contributed by atoms with Crippen LogP contribution in [0.4, 0.5) is 0 Å². The molecule has 35 heavy (non-hydrogen) atoms. The smallest absolute Gasteiger partial charge is 0.292 e. The molecular weight excluding hydrogens is 434 g/mol. The second-order valence-electron chi connectivity index (χ2n) is 11.6. The number of hydrogen-bond acceptors (Lipinski definition) is 4. The van der Waals surface area contributed by atoms with Crippen molar-refractivity contribution in [2.75, 3.05) is 0 Å². The van der Waals surface area contributed by atoms with Gasteiger partial charge in [0.15, 0.2) is 11.4 Å². The Kier molecular flexibility index (Phi) is 5.13. The van der Waals surface area contributed by atoms with Crippen LogP contribution in [0.1, 0.15) is 58.5 Å². The van der Waals surface area contributed by atoms with E-state index < -0.39 is 0 Å². The molecule has 0 saturated carbocycles. The van der Waals surface area contributed by atoms with Crippen LogP contribution in [0.25, 0.3) is 45.0 Å². The van der Waals surface area contributed by atoms with E-state index in [1.54, 1.807) is 0 Å². The molecule has 0 radical (unpaired) electrons. The SMILES string of the molecule is Cc1ccc2c(oc3nc(-c4nc(C(C)(C)C)cc(C(C)(C)C)n4)ccc32)c1-c1n(C)cc[n+]1C. The third kappa shape index (κ3) is 3.91. The predicted octanol–water partition coefficient (Wildman–Crippen LogP) is 6.17.